The molecule has 0 heterocycles. The standard InChI is InChI=1S/C13H20O4/c1-9(14)5-6-10-7-8-11(15-2)13(17-4)12(10)16-3/h7-9,14H,5-6H2,1-4H3. The first-order chi connectivity index (χ1) is 8.13. The van der Waals surface area contributed by atoms with E-state index >= 15 is 0 Å². The van der Waals surface area contributed by atoms with Crippen molar-refractivity contribution in [2.75, 3.05) is 21.3 Å². The highest BCUT2D eigenvalue weighted by Crippen LogP contribution is 2.40. The first-order valence-electron chi connectivity index (χ1n) is 5.60. The van der Waals surface area contributed by atoms with Gasteiger partial charge in [0.05, 0.1) is 27.4 Å². The maximum Gasteiger partial charge on any atom is 0.203 e. The molecule has 0 amide bonds. The Hall–Kier alpha value is -1.42. The van der Waals surface area contributed by atoms with Gasteiger partial charge in [-0.05, 0) is 31.4 Å². The average Bonchev–Trinajstić information content (AvgIpc) is 2.34. The largest absolute Gasteiger partial charge is 0.493 e. The number of methoxy groups -OCH3 is 3. The van der Waals surface area contributed by atoms with Crippen LogP contribution in [-0.2, 0) is 6.42 Å². The minimum absolute atomic E-state index is 0.326. The molecule has 0 fully saturated rings. The summed E-state index contributed by atoms with van der Waals surface area (Å²) in [7, 11) is 4.77. The normalized spacial score (nSPS) is 12.1. The maximum atomic E-state index is 9.31. The molecule has 4 heteroatoms. The summed E-state index contributed by atoms with van der Waals surface area (Å²) in [6.07, 6.45) is 1.10. The van der Waals surface area contributed by atoms with Crippen LogP contribution in [0.5, 0.6) is 17.2 Å². The van der Waals surface area contributed by atoms with Gasteiger partial charge >= 0.3 is 0 Å². The summed E-state index contributed by atoms with van der Waals surface area (Å²) in [5.74, 6) is 1.91. The van der Waals surface area contributed by atoms with Crippen molar-refractivity contribution in [2.45, 2.75) is 25.9 Å². The van der Waals surface area contributed by atoms with E-state index < -0.39 is 0 Å². The summed E-state index contributed by atoms with van der Waals surface area (Å²) in [5, 5.41) is 9.31. The first-order valence-corrected chi connectivity index (χ1v) is 5.60. The summed E-state index contributed by atoms with van der Waals surface area (Å²) < 4.78 is 15.9. The number of aryl methyl sites for hydroxylation is 1. The number of ether oxygens (including phenoxy) is 3. The van der Waals surface area contributed by atoms with E-state index in [0.29, 0.717) is 23.7 Å². The number of hydrogen-bond acceptors (Lipinski definition) is 4. The SMILES string of the molecule is COc1ccc(CCC(C)O)c(OC)c1OC. The van der Waals surface area contributed by atoms with E-state index in [1.54, 1.807) is 28.3 Å². The van der Waals surface area contributed by atoms with Crippen molar-refractivity contribution in [3.8, 4) is 17.2 Å². The Kier molecular flexibility index (Phi) is 5.10. The molecule has 1 aromatic rings. The van der Waals surface area contributed by atoms with Crippen LogP contribution in [0.4, 0.5) is 0 Å². The summed E-state index contributed by atoms with van der Waals surface area (Å²) in [6.45, 7) is 1.77. The van der Waals surface area contributed by atoms with Gasteiger partial charge in [0.25, 0.3) is 0 Å². The highest BCUT2D eigenvalue weighted by Gasteiger charge is 2.15. The Balaban J connectivity index is 3.05. The van der Waals surface area contributed by atoms with Gasteiger partial charge in [0.15, 0.2) is 11.5 Å². The molecule has 0 radical (unpaired) electrons. The number of benzene rings is 1. The number of hydrogen-bond donors (Lipinski definition) is 1. The highest BCUT2D eigenvalue weighted by molar-refractivity contribution is 5.55. The zero-order chi connectivity index (χ0) is 12.8. The van der Waals surface area contributed by atoms with Crippen molar-refractivity contribution < 1.29 is 19.3 Å². The third kappa shape index (κ3) is 3.27. The van der Waals surface area contributed by atoms with E-state index in [1.165, 1.54) is 0 Å². The van der Waals surface area contributed by atoms with E-state index in [-0.39, 0.29) is 6.10 Å². The molecular weight excluding hydrogens is 220 g/mol. The third-order valence-electron chi connectivity index (χ3n) is 2.62. The van der Waals surface area contributed by atoms with Gasteiger partial charge in [-0.3, -0.25) is 0 Å². The van der Waals surface area contributed by atoms with Gasteiger partial charge in [0.2, 0.25) is 5.75 Å². The predicted molar refractivity (Wildman–Crippen MR) is 66.1 cm³/mol. The molecule has 0 saturated carbocycles. The lowest BCUT2D eigenvalue weighted by atomic mass is 10.1. The summed E-state index contributed by atoms with van der Waals surface area (Å²) >= 11 is 0. The summed E-state index contributed by atoms with van der Waals surface area (Å²) in [4.78, 5) is 0. The molecule has 96 valence electrons. The van der Waals surface area contributed by atoms with Gasteiger partial charge < -0.3 is 19.3 Å². The zero-order valence-electron chi connectivity index (χ0n) is 10.8. The molecule has 0 aliphatic carbocycles. The van der Waals surface area contributed by atoms with Gasteiger partial charge in [0.1, 0.15) is 0 Å². The molecular formula is C13H20O4. The van der Waals surface area contributed by atoms with Gasteiger partial charge in [0, 0.05) is 0 Å². The predicted octanol–water partition coefficient (Wildman–Crippen LogP) is 2.03. The second-order valence-corrected chi connectivity index (χ2v) is 3.88. The van der Waals surface area contributed by atoms with Crippen LogP contribution in [-0.4, -0.2) is 32.5 Å². The molecule has 1 rings (SSSR count). The Morgan fingerprint density at radius 2 is 1.71 bits per heavy atom. The van der Waals surface area contributed by atoms with Crippen LogP contribution in [0.1, 0.15) is 18.9 Å². The third-order valence-corrected chi connectivity index (χ3v) is 2.62. The van der Waals surface area contributed by atoms with E-state index in [4.69, 9.17) is 14.2 Å². The molecule has 0 saturated heterocycles. The Labute approximate surface area is 102 Å². The van der Waals surface area contributed by atoms with E-state index in [2.05, 4.69) is 0 Å². The van der Waals surface area contributed by atoms with Crippen molar-refractivity contribution in [3.63, 3.8) is 0 Å². The fraction of sp³-hybridized carbons (Fsp3) is 0.538. The molecule has 0 aliphatic rings. The van der Waals surface area contributed by atoms with E-state index in [9.17, 15) is 5.11 Å². The molecule has 1 atom stereocenters. The van der Waals surface area contributed by atoms with Crippen LogP contribution in [0.25, 0.3) is 0 Å². The van der Waals surface area contributed by atoms with Gasteiger partial charge in [-0.25, -0.2) is 0 Å². The Morgan fingerprint density at radius 1 is 1.06 bits per heavy atom. The molecule has 17 heavy (non-hydrogen) atoms. The fourth-order valence-electron chi connectivity index (χ4n) is 1.72. The Bertz CT molecular complexity index is 361. The van der Waals surface area contributed by atoms with Crippen molar-refractivity contribution >= 4 is 0 Å². The minimum Gasteiger partial charge on any atom is -0.493 e. The van der Waals surface area contributed by atoms with Gasteiger partial charge in [-0.15, -0.1) is 0 Å². The quantitative estimate of drug-likeness (QED) is 0.826. The van der Waals surface area contributed by atoms with Crippen molar-refractivity contribution in [1.82, 2.24) is 0 Å². The molecule has 1 N–H and O–H groups in total. The minimum atomic E-state index is -0.326. The lowest BCUT2D eigenvalue weighted by Gasteiger charge is -2.16. The van der Waals surface area contributed by atoms with Crippen LogP contribution in [0.15, 0.2) is 12.1 Å². The molecule has 0 bridgehead atoms. The van der Waals surface area contributed by atoms with E-state index in [0.717, 1.165) is 12.0 Å². The average molecular weight is 240 g/mol. The molecule has 0 aromatic heterocycles. The number of aliphatic hydroxyl groups excluding tert-OH is 1. The molecule has 0 aliphatic heterocycles. The molecule has 0 spiro atoms. The van der Waals surface area contributed by atoms with Crippen molar-refractivity contribution in [3.05, 3.63) is 17.7 Å². The van der Waals surface area contributed by atoms with Crippen molar-refractivity contribution in [1.29, 1.82) is 0 Å². The van der Waals surface area contributed by atoms with Crippen LogP contribution < -0.4 is 14.2 Å². The molecule has 1 unspecified atom stereocenters. The molecule has 4 nitrogen and oxygen atoms in total. The van der Waals surface area contributed by atoms with E-state index in [1.807, 2.05) is 12.1 Å². The van der Waals surface area contributed by atoms with Gasteiger partial charge in [-0.1, -0.05) is 6.07 Å². The monoisotopic (exact) mass is 240 g/mol. The highest BCUT2D eigenvalue weighted by atomic mass is 16.5. The van der Waals surface area contributed by atoms with Crippen LogP contribution in [0, 0.1) is 0 Å². The number of aliphatic hydroxyl groups is 1. The topological polar surface area (TPSA) is 47.9 Å². The summed E-state index contributed by atoms with van der Waals surface area (Å²) in [6, 6.07) is 3.78. The van der Waals surface area contributed by atoms with Crippen LogP contribution >= 0.6 is 0 Å². The lowest BCUT2D eigenvalue weighted by Crippen LogP contribution is -2.04. The van der Waals surface area contributed by atoms with Crippen LogP contribution in [0.3, 0.4) is 0 Å². The maximum absolute atomic E-state index is 9.31. The second-order valence-electron chi connectivity index (χ2n) is 3.88. The molecule has 1 aromatic carbocycles. The zero-order valence-corrected chi connectivity index (χ0v) is 10.8. The first kappa shape index (κ1) is 13.6. The smallest absolute Gasteiger partial charge is 0.203 e. The second kappa shape index (κ2) is 6.35. The van der Waals surface area contributed by atoms with Crippen LogP contribution in [0.2, 0.25) is 0 Å². The fourth-order valence-corrected chi connectivity index (χ4v) is 1.72. The van der Waals surface area contributed by atoms with Crippen molar-refractivity contribution in [2.24, 2.45) is 0 Å². The number of rotatable bonds is 6. The lowest BCUT2D eigenvalue weighted by molar-refractivity contribution is 0.184. The van der Waals surface area contributed by atoms with Gasteiger partial charge in [-0.2, -0.15) is 0 Å². The summed E-state index contributed by atoms with van der Waals surface area (Å²) in [5.41, 5.74) is 1.01. The Morgan fingerprint density at radius 3 is 2.18 bits per heavy atom.